The molecule has 10 nitrogen and oxygen atoms in total. The molecule has 10 heteroatoms. The molecule has 0 saturated carbocycles. The number of nitrogens with one attached hydrogen (secondary N) is 3. The Morgan fingerprint density at radius 2 is 1.48 bits per heavy atom. The first-order chi connectivity index (χ1) is 16.0. The van der Waals surface area contributed by atoms with E-state index in [-0.39, 0.29) is 25.2 Å². The highest BCUT2D eigenvalue weighted by Crippen LogP contribution is 2.34. The third-order valence-electron chi connectivity index (χ3n) is 5.42. The Morgan fingerprint density at radius 1 is 0.818 bits per heavy atom. The zero-order chi connectivity index (χ0) is 23.0. The highest BCUT2D eigenvalue weighted by molar-refractivity contribution is 6.01. The highest BCUT2D eigenvalue weighted by atomic mass is 16.7. The van der Waals surface area contributed by atoms with Crippen molar-refractivity contribution in [1.29, 1.82) is 0 Å². The van der Waals surface area contributed by atoms with E-state index in [0.29, 0.717) is 56.5 Å². The van der Waals surface area contributed by atoms with Crippen molar-refractivity contribution in [3.8, 4) is 11.5 Å². The first-order valence-electron chi connectivity index (χ1n) is 10.8. The highest BCUT2D eigenvalue weighted by Gasteiger charge is 2.21. The molecule has 0 bridgehead atoms. The van der Waals surface area contributed by atoms with Crippen LogP contribution in [0.5, 0.6) is 11.5 Å². The average Bonchev–Trinajstić information content (AvgIpc) is 3.27. The fourth-order valence-electron chi connectivity index (χ4n) is 3.67. The molecular formula is C23H27N5O5. The number of hydrogen-bond acceptors (Lipinski definition) is 7. The molecular weight excluding hydrogens is 426 g/mol. The quantitative estimate of drug-likeness (QED) is 0.573. The minimum atomic E-state index is -0.604. The van der Waals surface area contributed by atoms with E-state index in [0.717, 1.165) is 5.56 Å². The second-order valence-electron chi connectivity index (χ2n) is 7.88. The van der Waals surface area contributed by atoms with Crippen molar-refractivity contribution in [3.05, 3.63) is 54.1 Å². The lowest BCUT2D eigenvalue weighted by Gasteiger charge is -2.33. The van der Waals surface area contributed by atoms with Crippen LogP contribution in [-0.4, -0.2) is 73.7 Å². The molecule has 0 aliphatic carbocycles. The molecule has 174 valence electrons. The van der Waals surface area contributed by atoms with Gasteiger partial charge in [-0.15, -0.1) is 0 Å². The Kier molecular flexibility index (Phi) is 7.38. The van der Waals surface area contributed by atoms with Gasteiger partial charge in [0.2, 0.25) is 18.6 Å². The van der Waals surface area contributed by atoms with E-state index >= 15 is 0 Å². The number of nitrogens with zero attached hydrogens (tertiary/aromatic N) is 2. The molecule has 2 aliphatic heterocycles. The first kappa shape index (κ1) is 22.6. The summed E-state index contributed by atoms with van der Waals surface area (Å²) in [7, 11) is 0. The van der Waals surface area contributed by atoms with Gasteiger partial charge in [0, 0.05) is 44.5 Å². The van der Waals surface area contributed by atoms with Crippen molar-refractivity contribution in [2.75, 3.05) is 51.4 Å². The maximum atomic E-state index is 12.2. The maximum Gasteiger partial charge on any atom is 0.325 e. The van der Waals surface area contributed by atoms with Gasteiger partial charge in [-0.3, -0.25) is 24.7 Å². The van der Waals surface area contributed by atoms with E-state index in [1.807, 2.05) is 35.2 Å². The summed E-state index contributed by atoms with van der Waals surface area (Å²) in [6.45, 7) is 3.73. The Morgan fingerprint density at radius 3 is 2.21 bits per heavy atom. The number of carbonyl (C=O) groups excluding carboxylic acids is 3. The second kappa shape index (κ2) is 10.8. The Labute approximate surface area is 191 Å². The van der Waals surface area contributed by atoms with Gasteiger partial charge in [0.25, 0.3) is 0 Å². The van der Waals surface area contributed by atoms with Crippen LogP contribution >= 0.6 is 0 Å². The van der Waals surface area contributed by atoms with Crippen LogP contribution in [0.25, 0.3) is 0 Å². The Hall–Kier alpha value is -3.63. The van der Waals surface area contributed by atoms with Crippen LogP contribution in [0.3, 0.4) is 0 Å². The number of hydrogen-bond donors (Lipinski definition) is 3. The van der Waals surface area contributed by atoms with Crippen LogP contribution in [-0.2, 0) is 16.1 Å². The van der Waals surface area contributed by atoms with Crippen molar-refractivity contribution in [1.82, 2.24) is 20.4 Å². The number of imide groups is 1. The SMILES string of the molecule is O=C(CN1CCN(CC(=O)NC(=O)Nc2ccc3c(c2)OCO3)CC1)NCc1ccccc1. The van der Waals surface area contributed by atoms with Crippen molar-refractivity contribution < 1.29 is 23.9 Å². The van der Waals surface area contributed by atoms with Crippen molar-refractivity contribution in [2.45, 2.75) is 6.54 Å². The number of amides is 4. The minimum absolute atomic E-state index is 0.0229. The van der Waals surface area contributed by atoms with Crippen molar-refractivity contribution in [2.24, 2.45) is 0 Å². The van der Waals surface area contributed by atoms with Crippen LogP contribution < -0.4 is 25.4 Å². The molecule has 0 aromatic heterocycles. The number of fused-ring (bicyclic) bond motifs is 1. The van der Waals surface area contributed by atoms with Gasteiger partial charge in [0.05, 0.1) is 13.1 Å². The van der Waals surface area contributed by atoms with Crippen LogP contribution in [0.1, 0.15) is 5.56 Å². The number of anilines is 1. The lowest BCUT2D eigenvalue weighted by atomic mass is 10.2. The summed E-state index contributed by atoms with van der Waals surface area (Å²) < 4.78 is 10.5. The topological polar surface area (TPSA) is 112 Å². The zero-order valence-corrected chi connectivity index (χ0v) is 18.2. The molecule has 0 radical (unpaired) electrons. The van der Waals surface area contributed by atoms with Crippen LogP contribution in [0, 0.1) is 0 Å². The largest absolute Gasteiger partial charge is 0.454 e. The van der Waals surface area contributed by atoms with Crippen LogP contribution in [0.4, 0.5) is 10.5 Å². The molecule has 0 spiro atoms. The summed E-state index contributed by atoms with van der Waals surface area (Å²) in [5.41, 5.74) is 1.56. The van der Waals surface area contributed by atoms with E-state index in [1.165, 1.54) is 0 Å². The number of carbonyl (C=O) groups is 3. The fraction of sp³-hybridized carbons (Fsp3) is 0.348. The van der Waals surface area contributed by atoms with Crippen LogP contribution in [0.15, 0.2) is 48.5 Å². The first-order valence-corrected chi connectivity index (χ1v) is 10.8. The summed E-state index contributed by atoms with van der Waals surface area (Å²) in [6.07, 6.45) is 0. The number of benzene rings is 2. The van der Waals surface area contributed by atoms with Crippen molar-refractivity contribution in [3.63, 3.8) is 0 Å². The van der Waals surface area contributed by atoms with E-state index in [2.05, 4.69) is 20.9 Å². The number of ether oxygens (including phenoxy) is 2. The second-order valence-corrected chi connectivity index (χ2v) is 7.88. The van der Waals surface area contributed by atoms with E-state index in [9.17, 15) is 14.4 Å². The lowest BCUT2D eigenvalue weighted by Crippen LogP contribution is -2.52. The molecule has 4 rings (SSSR count). The Bertz CT molecular complexity index is 992. The smallest absolute Gasteiger partial charge is 0.325 e. The Balaban J connectivity index is 1.12. The summed E-state index contributed by atoms with van der Waals surface area (Å²) in [5.74, 6) is 0.753. The van der Waals surface area contributed by atoms with Gasteiger partial charge in [-0.1, -0.05) is 30.3 Å². The normalized spacial score (nSPS) is 15.6. The molecule has 0 unspecified atom stereocenters. The third-order valence-corrected chi connectivity index (χ3v) is 5.42. The number of piperazine rings is 1. The summed E-state index contributed by atoms with van der Waals surface area (Å²) in [5, 5.41) is 7.88. The van der Waals surface area contributed by atoms with E-state index in [4.69, 9.17) is 9.47 Å². The molecule has 2 heterocycles. The minimum Gasteiger partial charge on any atom is -0.454 e. The number of urea groups is 1. The molecule has 2 aliphatic rings. The molecule has 3 N–H and O–H groups in total. The van der Waals surface area contributed by atoms with Gasteiger partial charge in [-0.2, -0.15) is 0 Å². The van der Waals surface area contributed by atoms with E-state index in [1.54, 1.807) is 18.2 Å². The molecule has 1 fully saturated rings. The van der Waals surface area contributed by atoms with Gasteiger partial charge in [-0.05, 0) is 17.7 Å². The van der Waals surface area contributed by atoms with Crippen LogP contribution in [0.2, 0.25) is 0 Å². The third kappa shape index (κ3) is 6.67. The molecule has 2 aromatic carbocycles. The summed E-state index contributed by atoms with van der Waals surface area (Å²) in [4.78, 5) is 40.6. The standard InChI is InChI=1S/C23H27N5O5/c29-21(24-13-17-4-2-1-3-5-17)14-27-8-10-28(11-9-27)15-22(30)26-23(31)25-18-6-7-19-20(12-18)33-16-32-19/h1-7,12H,8-11,13-16H2,(H,24,29)(H2,25,26,30,31). The predicted octanol–water partition coefficient (Wildman–Crippen LogP) is 0.997. The summed E-state index contributed by atoms with van der Waals surface area (Å²) in [6, 6.07) is 14.2. The van der Waals surface area contributed by atoms with E-state index < -0.39 is 6.03 Å². The van der Waals surface area contributed by atoms with Gasteiger partial charge in [0.1, 0.15) is 0 Å². The lowest BCUT2D eigenvalue weighted by molar-refractivity contribution is -0.124. The van der Waals surface area contributed by atoms with Crippen molar-refractivity contribution >= 4 is 23.5 Å². The predicted molar refractivity (Wildman–Crippen MR) is 121 cm³/mol. The maximum absolute atomic E-state index is 12.2. The molecule has 4 amide bonds. The van der Waals surface area contributed by atoms with Gasteiger partial charge >= 0.3 is 6.03 Å². The molecule has 1 saturated heterocycles. The zero-order valence-electron chi connectivity index (χ0n) is 18.2. The number of rotatable bonds is 7. The van der Waals surface area contributed by atoms with Gasteiger partial charge < -0.3 is 20.1 Å². The fourth-order valence-corrected chi connectivity index (χ4v) is 3.67. The molecule has 0 atom stereocenters. The average molecular weight is 453 g/mol. The monoisotopic (exact) mass is 453 g/mol. The summed E-state index contributed by atoms with van der Waals surface area (Å²) >= 11 is 0. The molecule has 33 heavy (non-hydrogen) atoms. The van der Waals surface area contributed by atoms with Gasteiger partial charge in [-0.25, -0.2) is 4.79 Å². The molecule has 2 aromatic rings. The van der Waals surface area contributed by atoms with Gasteiger partial charge in [0.15, 0.2) is 11.5 Å².